The van der Waals surface area contributed by atoms with Crippen LogP contribution in [-0.4, -0.2) is 33.7 Å². The number of imidazole rings is 1. The van der Waals surface area contributed by atoms with Gasteiger partial charge in [-0.2, -0.15) is 0 Å². The molecule has 4 heterocycles. The molecule has 3 aromatic rings. The Morgan fingerprint density at radius 1 is 1.06 bits per heavy atom. The molecule has 0 radical (unpaired) electrons. The van der Waals surface area contributed by atoms with Gasteiger partial charge < -0.3 is 19.9 Å². The lowest BCUT2D eigenvalue weighted by Crippen LogP contribution is -2.31. The van der Waals surface area contributed by atoms with Crippen LogP contribution in [0.2, 0.25) is 0 Å². The van der Waals surface area contributed by atoms with E-state index in [0.29, 0.717) is 6.04 Å². The van der Waals surface area contributed by atoms with Gasteiger partial charge in [0.25, 0.3) is 0 Å². The number of rotatable bonds is 3. The highest BCUT2D eigenvalue weighted by molar-refractivity contribution is 6.05. The molecule has 0 bridgehead atoms. The van der Waals surface area contributed by atoms with Gasteiger partial charge >= 0.3 is 0 Å². The molecule has 31 heavy (non-hydrogen) atoms. The number of guanidine groups is 1. The van der Waals surface area contributed by atoms with Gasteiger partial charge in [-0.3, -0.25) is 4.98 Å². The minimum atomic E-state index is -0.188. The standard InChI is InChI=1S/C24H28N6O/c1-15-4-5-16(2)20(14-15)27-24-28-21(18-6-10-25-11-7-18)22-23(29-24)30(17(3)26-22)19-8-12-31-13-9-19/h4-7,10-11,14,19,21H,8-9,12-13H2,1-3H3,(H2,27,28,29). The van der Waals surface area contributed by atoms with Crippen LogP contribution in [0.3, 0.4) is 0 Å². The van der Waals surface area contributed by atoms with E-state index in [-0.39, 0.29) is 6.04 Å². The molecule has 0 spiro atoms. The van der Waals surface area contributed by atoms with Crippen molar-refractivity contribution in [3.63, 3.8) is 0 Å². The summed E-state index contributed by atoms with van der Waals surface area (Å²) in [5.74, 6) is 2.76. The molecule has 2 aliphatic heterocycles. The third-order valence-electron chi connectivity index (χ3n) is 6.09. The molecule has 2 N–H and O–H groups in total. The summed E-state index contributed by atoms with van der Waals surface area (Å²) < 4.78 is 7.94. The summed E-state index contributed by atoms with van der Waals surface area (Å²) >= 11 is 0. The number of pyridine rings is 1. The van der Waals surface area contributed by atoms with Gasteiger partial charge in [0.15, 0.2) is 0 Å². The minimum absolute atomic E-state index is 0.188. The summed E-state index contributed by atoms with van der Waals surface area (Å²) in [6, 6.07) is 10.6. The first-order valence-corrected chi connectivity index (χ1v) is 10.9. The first-order chi connectivity index (χ1) is 15.1. The van der Waals surface area contributed by atoms with Crippen LogP contribution in [0.15, 0.2) is 47.7 Å². The largest absolute Gasteiger partial charge is 0.381 e. The van der Waals surface area contributed by atoms with E-state index in [2.05, 4.69) is 59.2 Å². The van der Waals surface area contributed by atoms with Gasteiger partial charge in [0.05, 0.1) is 0 Å². The molecule has 7 heteroatoms. The first kappa shape index (κ1) is 19.8. The van der Waals surface area contributed by atoms with Gasteiger partial charge in [-0.05, 0) is 68.5 Å². The minimum Gasteiger partial charge on any atom is -0.381 e. The van der Waals surface area contributed by atoms with E-state index in [1.54, 1.807) is 0 Å². The molecule has 1 saturated heterocycles. The van der Waals surface area contributed by atoms with E-state index in [9.17, 15) is 0 Å². The third-order valence-corrected chi connectivity index (χ3v) is 6.09. The fraction of sp³-hybridized carbons (Fsp3) is 0.375. The predicted molar refractivity (Wildman–Crippen MR) is 123 cm³/mol. The highest BCUT2D eigenvalue weighted by Crippen LogP contribution is 2.38. The molecule has 7 nitrogen and oxygen atoms in total. The number of benzene rings is 1. The van der Waals surface area contributed by atoms with Gasteiger partial charge in [0.2, 0.25) is 5.96 Å². The second kappa shape index (κ2) is 8.15. The zero-order valence-electron chi connectivity index (χ0n) is 18.2. The fourth-order valence-corrected chi connectivity index (χ4v) is 4.45. The van der Waals surface area contributed by atoms with Crippen LogP contribution in [0.25, 0.3) is 0 Å². The van der Waals surface area contributed by atoms with Gasteiger partial charge in [-0.25, -0.2) is 9.98 Å². The lowest BCUT2D eigenvalue weighted by atomic mass is 10.0. The van der Waals surface area contributed by atoms with Crippen LogP contribution in [-0.2, 0) is 4.74 Å². The Bertz CT molecular complexity index is 1110. The van der Waals surface area contributed by atoms with Crippen molar-refractivity contribution in [2.45, 2.75) is 45.7 Å². The van der Waals surface area contributed by atoms with Crippen LogP contribution < -0.4 is 10.6 Å². The van der Waals surface area contributed by atoms with E-state index in [1.165, 1.54) is 11.1 Å². The third kappa shape index (κ3) is 3.81. The topological polar surface area (TPSA) is 76.4 Å². The monoisotopic (exact) mass is 416 g/mol. The fourth-order valence-electron chi connectivity index (χ4n) is 4.45. The van der Waals surface area contributed by atoms with E-state index >= 15 is 0 Å². The van der Waals surface area contributed by atoms with Crippen molar-refractivity contribution in [1.82, 2.24) is 14.5 Å². The Kier molecular flexibility index (Phi) is 5.19. The predicted octanol–water partition coefficient (Wildman–Crippen LogP) is 4.54. The quantitative estimate of drug-likeness (QED) is 0.656. The van der Waals surface area contributed by atoms with Crippen LogP contribution in [0.5, 0.6) is 0 Å². The molecule has 2 aliphatic rings. The zero-order valence-corrected chi connectivity index (χ0v) is 18.2. The number of aliphatic imine (C=N–C) groups is 1. The summed E-state index contributed by atoms with van der Waals surface area (Å²) in [7, 11) is 0. The molecule has 1 atom stereocenters. The average molecular weight is 417 g/mol. The lowest BCUT2D eigenvalue weighted by Gasteiger charge is -2.29. The number of fused-ring (bicyclic) bond motifs is 1. The molecule has 2 aromatic heterocycles. The number of anilines is 2. The maximum atomic E-state index is 5.60. The van der Waals surface area contributed by atoms with Gasteiger partial charge in [0, 0.05) is 37.3 Å². The van der Waals surface area contributed by atoms with Gasteiger partial charge in [-0.1, -0.05) is 12.1 Å². The van der Waals surface area contributed by atoms with Crippen molar-refractivity contribution < 1.29 is 4.74 Å². The van der Waals surface area contributed by atoms with Crippen molar-refractivity contribution in [2.24, 2.45) is 4.99 Å². The average Bonchev–Trinajstić information content (AvgIpc) is 3.12. The maximum Gasteiger partial charge on any atom is 0.202 e. The van der Waals surface area contributed by atoms with Crippen molar-refractivity contribution in [1.29, 1.82) is 0 Å². The van der Waals surface area contributed by atoms with Crippen LogP contribution in [0, 0.1) is 20.8 Å². The number of nitrogens with one attached hydrogen (secondary N) is 2. The zero-order chi connectivity index (χ0) is 21.4. The van der Waals surface area contributed by atoms with Crippen molar-refractivity contribution in [3.8, 4) is 0 Å². The lowest BCUT2D eigenvalue weighted by molar-refractivity contribution is 0.0695. The second-order valence-electron chi connectivity index (χ2n) is 8.34. The molecule has 1 fully saturated rings. The number of aromatic nitrogens is 3. The molecule has 5 rings (SSSR count). The number of ether oxygens (including phenoxy) is 1. The number of nitrogens with zero attached hydrogens (tertiary/aromatic N) is 4. The van der Waals surface area contributed by atoms with Crippen LogP contribution >= 0.6 is 0 Å². The van der Waals surface area contributed by atoms with Crippen molar-refractivity contribution >= 4 is 17.5 Å². The Morgan fingerprint density at radius 2 is 1.84 bits per heavy atom. The molecule has 0 aliphatic carbocycles. The number of hydrogen-bond acceptors (Lipinski definition) is 6. The molecular formula is C24H28N6O. The van der Waals surface area contributed by atoms with Gasteiger partial charge in [0.1, 0.15) is 23.4 Å². The van der Waals surface area contributed by atoms with Crippen molar-refractivity contribution in [3.05, 3.63) is 70.9 Å². The van der Waals surface area contributed by atoms with E-state index in [4.69, 9.17) is 14.7 Å². The van der Waals surface area contributed by atoms with E-state index in [0.717, 1.165) is 60.6 Å². The molecule has 160 valence electrons. The summed E-state index contributed by atoms with van der Waals surface area (Å²) in [4.78, 5) is 14.2. The highest BCUT2D eigenvalue weighted by atomic mass is 16.5. The second-order valence-corrected chi connectivity index (χ2v) is 8.34. The van der Waals surface area contributed by atoms with E-state index in [1.807, 2.05) is 24.5 Å². The van der Waals surface area contributed by atoms with Crippen LogP contribution in [0.4, 0.5) is 11.5 Å². The molecular weight excluding hydrogens is 388 g/mol. The number of hydrogen-bond donors (Lipinski definition) is 2. The van der Waals surface area contributed by atoms with Gasteiger partial charge in [-0.15, -0.1) is 0 Å². The number of aryl methyl sites for hydroxylation is 3. The normalized spacial score (nSPS) is 18.8. The molecule has 1 unspecified atom stereocenters. The Morgan fingerprint density at radius 3 is 2.61 bits per heavy atom. The Hall–Kier alpha value is -3.19. The van der Waals surface area contributed by atoms with Crippen LogP contribution in [0.1, 0.15) is 53.1 Å². The molecule has 0 amide bonds. The van der Waals surface area contributed by atoms with E-state index < -0.39 is 0 Å². The molecule has 1 aromatic carbocycles. The summed E-state index contributed by atoms with van der Waals surface area (Å²) in [6.07, 6.45) is 5.60. The molecule has 0 saturated carbocycles. The summed E-state index contributed by atoms with van der Waals surface area (Å²) in [5.41, 5.74) is 5.47. The highest BCUT2D eigenvalue weighted by Gasteiger charge is 2.32. The van der Waals surface area contributed by atoms with Crippen molar-refractivity contribution in [2.75, 3.05) is 23.8 Å². The summed E-state index contributed by atoms with van der Waals surface area (Å²) in [6.45, 7) is 7.85. The SMILES string of the molecule is Cc1ccc(C)c(NC2=NC(c3ccncc3)c3nc(C)n(C4CCOCC4)c3N2)c1. The smallest absolute Gasteiger partial charge is 0.202 e. The summed E-state index contributed by atoms with van der Waals surface area (Å²) in [5, 5.41) is 7.09. The Balaban J connectivity index is 1.58. The first-order valence-electron chi connectivity index (χ1n) is 10.9. The Labute approximate surface area is 182 Å². The maximum absolute atomic E-state index is 5.60.